The van der Waals surface area contributed by atoms with Crippen molar-refractivity contribution in [2.75, 3.05) is 7.11 Å². The zero-order valence-corrected chi connectivity index (χ0v) is 15.2. The quantitative estimate of drug-likeness (QED) is 0.700. The molecule has 2 aromatic carbocycles. The molecule has 0 aliphatic rings. The second-order valence-corrected chi connectivity index (χ2v) is 6.76. The van der Waals surface area contributed by atoms with E-state index in [4.69, 9.17) is 16.3 Å². The average Bonchev–Trinajstić information content (AvgIpc) is 3.09. The van der Waals surface area contributed by atoms with Crippen molar-refractivity contribution in [3.8, 4) is 17.0 Å². The number of amides is 1. The Hall–Kier alpha value is -2.37. The maximum Gasteiger partial charge on any atom is 0.227 e. The summed E-state index contributed by atoms with van der Waals surface area (Å²) in [6, 6.07) is 15.3. The van der Waals surface area contributed by atoms with Gasteiger partial charge >= 0.3 is 0 Å². The second kappa shape index (κ2) is 8.14. The Kier molecular flexibility index (Phi) is 5.68. The summed E-state index contributed by atoms with van der Waals surface area (Å²) >= 11 is 7.62. The number of ether oxygens (including phenoxy) is 1. The highest BCUT2D eigenvalue weighted by Crippen LogP contribution is 2.30. The summed E-state index contributed by atoms with van der Waals surface area (Å²) in [5, 5.41) is 6.15. The molecule has 4 nitrogen and oxygen atoms in total. The van der Waals surface area contributed by atoms with Gasteiger partial charge in [-0.15, -0.1) is 11.3 Å². The van der Waals surface area contributed by atoms with Gasteiger partial charge in [0.15, 0.2) is 0 Å². The van der Waals surface area contributed by atoms with Gasteiger partial charge in [-0.05, 0) is 23.8 Å². The van der Waals surface area contributed by atoms with Crippen LogP contribution in [0.25, 0.3) is 11.3 Å². The Morgan fingerprint density at radius 2 is 2.04 bits per heavy atom. The van der Waals surface area contributed by atoms with Crippen molar-refractivity contribution in [2.45, 2.75) is 13.0 Å². The van der Waals surface area contributed by atoms with Gasteiger partial charge in [-0.2, -0.15) is 0 Å². The molecule has 3 aromatic rings. The lowest BCUT2D eigenvalue weighted by atomic mass is 10.1. The highest BCUT2D eigenvalue weighted by molar-refractivity contribution is 7.10. The molecule has 1 heterocycles. The van der Waals surface area contributed by atoms with Crippen molar-refractivity contribution in [3.63, 3.8) is 0 Å². The molecular weight excluding hydrogens is 356 g/mol. The molecule has 0 saturated carbocycles. The fourth-order valence-corrected chi connectivity index (χ4v) is 3.41. The molecule has 0 atom stereocenters. The molecule has 25 heavy (non-hydrogen) atoms. The average molecular weight is 373 g/mol. The van der Waals surface area contributed by atoms with E-state index in [1.54, 1.807) is 7.11 Å². The van der Waals surface area contributed by atoms with Crippen molar-refractivity contribution >= 4 is 28.8 Å². The van der Waals surface area contributed by atoms with Gasteiger partial charge < -0.3 is 10.1 Å². The van der Waals surface area contributed by atoms with Crippen LogP contribution in [-0.4, -0.2) is 18.0 Å². The van der Waals surface area contributed by atoms with E-state index in [2.05, 4.69) is 10.3 Å². The number of nitrogens with zero attached hydrogens (tertiary/aromatic N) is 1. The smallest absolute Gasteiger partial charge is 0.227 e. The molecule has 0 saturated heterocycles. The molecule has 1 amide bonds. The van der Waals surface area contributed by atoms with E-state index in [0.717, 1.165) is 21.8 Å². The fourth-order valence-electron chi connectivity index (χ4n) is 2.35. The summed E-state index contributed by atoms with van der Waals surface area (Å²) in [5.74, 6) is 0.582. The van der Waals surface area contributed by atoms with Gasteiger partial charge in [0.1, 0.15) is 10.8 Å². The van der Waals surface area contributed by atoms with Crippen LogP contribution in [0.15, 0.2) is 53.9 Å². The fraction of sp³-hybridized carbons (Fsp3) is 0.158. The summed E-state index contributed by atoms with van der Waals surface area (Å²) in [5.41, 5.74) is 2.78. The minimum absolute atomic E-state index is 0.0440. The van der Waals surface area contributed by atoms with E-state index in [9.17, 15) is 4.79 Å². The van der Waals surface area contributed by atoms with Crippen LogP contribution in [0, 0.1) is 0 Å². The van der Waals surface area contributed by atoms with E-state index in [0.29, 0.717) is 17.3 Å². The third kappa shape index (κ3) is 4.59. The Balaban J connectivity index is 1.61. The lowest BCUT2D eigenvalue weighted by molar-refractivity contribution is -0.120. The van der Waals surface area contributed by atoms with Crippen molar-refractivity contribution in [3.05, 3.63) is 69.5 Å². The molecule has 6 heteroatoms. The second-order valence-electron chi connectivity index (χ2n) is 5.41. The number of nitrogens with one attached hydrogen (secondary N) is 1. The summed E-state index contributed by atoms with van der Waals surface area (Å²) in [6.07, 6.45) is 0.265. The number of aromatic nitrogens is 1. The topological polar surface area (TPSA) is 51.2 Å². The number of hydrogen-bond donors (Lipinski definition) is 1. The number of thiazole rings is 1. The van der Waals surface area contributed by atoms with E-state index < -0.39 is 0 Å². The van der Waals surface area contributed by atoms with Crippen LogP contribution in [0.4, 0.5) is 0 Å². The number of rotatable bonds is 6. The minimum Gasteiger partial charge on any atom is -0.495 e. The van der Waals surface area contributed by atoms with Crippen molar-refractivity contribution in [2.24, 2.45) is 0 Å². The molecule has 0 unspecified atom stereocenters. The van der Waals surface area contributed by atoms with Crippen LogP contribution in [0.2, 0.25) is 5.02 Å². The molecule has 1 aromatic heterocycles. The first-order chi connectivity index (χ1) is 12.2. The molecule has 3 rings (SSSR count). The summed E-state index contributed by atoms with van der Waals surface area (Å²) < 4.78 is 5.15. The number of methoxy groups -OCH3 is 1. The Bertz CT molecular complexity index is 865. The molecule has 0 spiro atoms. The summed E-state index contributed by atoms with van der Waals surface area (Å²) in [4.78, 5) is 16.6. The highest BCUT2D eigenvalue weighted by Gasteiger charge is 2.10. The number of benzene rings is 2. The molecule has 0 aliphatic carbocycles. The zero-order chi connectivity index (χ0) is 17.6. The van der Waals surface area contributed by atoms with Crippen LogP contribution < -0.4 is 10.1 Å². The minimum atomic E-state index is -0.0440. The Labute approximate surface area is 155 Å². The van der Waals surface area contributed by atoms with Crippen molar-refractivity contribution in [1.29, 1.82) is 0 Å². The van der Waals surface area contributed by atoms with E-state index in [-0.39, 0.29) is 12.3 Å². The molecule has 0 radical (unpaired) electrons. The number of halogens is 1. The van der Waals surface area contributed by atoms with Crippen LogP contribution in [-0.2, 0) is 17.8 Å². The molecule has 0 fully saturated rings. The largest absolute Gasteiger partial charge is 0.495 e. The standard InChI is InChI=1S/C19H17ClN2O2S/c1-24-17-8-7-14(9-15(17)20)16-12-25-19(22-16)10-18(23)21-11-13-5-3-2-4-6-13/h2-9,12H,10-11H2,1H3,(H,21,23). The van der Waals surface area contributed by atoms with E-state index in [1.807, 2.05) is 53.9 Å². The van der Waals surface area contributed by atoms with Gasteiger partial charge in [0.25, 0.3) is 0 Å². The number of carbonyl (C=O) groups excluding carboxylic acids is 1. The molecule has 1 N–H and O–H groups in total. The number of hydrogen-bond acceptors (Lipinski definition) is 4. The maximum atomic E-state index is 12.1. The molecular formula is C19H17ClN2O2S. The first-order valence-electron chi connectivity index (χ1n) is 7.74. The first-order valence-corrected chi connectivity index (χ1v) is 9.00. The summed E-state index contributed by atoms with van der Waals surface area (Å²) in [6.45, 7) is 0.520. The van der Waals surface area contributed by atoms with Gasteiger partial charge in [0, 0.05) is 17.5 Å². The van der Waals surface area contributed by atoms with Crippen molar-refractivity contribution in [1.82, 2.24) is 10.3 Å². The van der Waals surface area contributed by atoms with Gasteiger partial charge in [-0.1, -0.05) is 41.9 Å². The van der Waals surface area contributed by atoms with Gasteiger partial charge in [0.05, 0.1) is 24.2 Å². The normalized spacial score (nSPS) is 10.5. The Morgan fingerprint density at radius 3 is 2.76 bits per heavy atom. The first kappa shape index (κ1) is 17.5. The molecule has 128 valence electrons. The highest BCUT2D eigenvalue weighted by atomic mass is 35.5. The molecule has 0 aliphatic heterocycles. The molecule has 0 bridgehead atoms. The monoisotopic (exact) mass is 372 g/mol. The van der Waals surface area contributed by atoms with Crippen LogP contribution >= 0.6 is 22.9 Å². The third-order valence-electron chi connectivity index (χ3n) is 3.64. The van der Waals surface area contributed by atoms with Gasteiger partial charge in [0.2, 0.25) is 5.91 Å². The lowest BCUT2D eigenvalue weighted by Crippen LogP contribution is -2.24. The maximum absolute atomic E-state index is 12.1. The van der Waals surface area contributed by atoms with Gasteiger partial charge in [-0.25, -0.2) is 4.98 Å². The predicted octanol–water partition coefficient (Wildman–Crippen LogP) is 4.33. The Morgan fingerprint density at radius 1 is 1.24 bits per heavy atom. The van der Waals surface area contributed by atoms with E-state index >= 15 is 0 Å². The SMILES string of the molecule is COc1ccc(-c2csc(CC(=O)NCc3ccccc3)n2)cc1Cl. The lowest BCUT2D eigenvalue weighted by Gasteiger charge is -2.04. The van der Waals surface area contributed by atoms with Crippen LogP contribution in [0.3, 0.4) is 0 Å². The number of carbonyl (C=O) groups is 1. The zero-order valence-electron chi connectivity index (χ0n) is 13.7. The van der Waals surface area contributed by atoms with Crippen LogP contribution in [0.1, 0.15) is 10.6 Å². The van der Waals surface area contributed by atoms with Gasteiger partial charge in [-0.3, -0.25) is 4.79 Å². The summed E-state index contributed by atoms with van der Waals surface area (Å²) in [7, 11) is 1.58. The third-order valence-corrected chi connectivity index (χ3v) is 4.79. The van der Waals surface area contributed by atoms with Crippen molar-refractivity contribution < 1.29 is 9.53 Å². The predicted molar refractivity (Wildman–Crippen MR) is 101 cm³/mol. The van der Waals surface area contributed by atoms with E-state index in [1.165, 1.54) is 11.3 Å². The van der Waals surface area contributed by atoms with Crippen LogP contribution in [0.5, 0.6) is 5.75 Å².